The van der Waals surface area contributed by atoms with Crippen LogP contribution >= 0.6 is 0 Å². The normalized spacial score (nSPS) is 13.8. The van der Waals surface area contributed by atoms with Gasteiger partial charge in [0.05, 0.1) is 11.4 Å². The first-order valence-electron chi connectivity index (χ1n) is 10.1. The Morgan fingerprint density at radius 2 is 1.71 bits per heavy atom. The Kier molecular flexibility index (Phi) is 4.16. The van der Waals surface area contributed by atoms with Crippen LogP contribution in [0.25, 0.3) is 27.7 Å². The lowest BCUT2D eigenvalue weighted by molar-refractivity contribution is 0.780. The summed E-state index contributed by atoms with van der Waals surface area (Å²) in [6.45, 7) is 5.32. The van der Waals surface area contributed by atoms with Gasteiger partial charge >= 0.3 is 0 Å². The van der Waals surface area contributed by atoms with E-state index in [0.29, 0.717) is 0 Å². The molecular weight excluding hydrogens is 342 g/mol. The highest BCUT2D eigenvalue weighted by Gasteiger charge is 2.22. The number of hydrogen-bond acceptors (Lipinski definition) is 2. The molecular formula is C25H25N3. The van der Waals surface area contributed by atoms with E-state index in [9.17, 15) is 0 Å². The summed E-state index contributed by atoms with van der Waals surface area (Å²) in [6, 6.07) is 21.8. The fourth-order valence-electron chi connectivity index (χ4n) is 4.12. The minimum atomic E-state index is 1.00. The lowest BCUT2D eigenvalue weighted by Crippen LogP contribution is -2.07. The summed E-state index contributed by atoms with van der Waals surface area (Å²) in [6.07, 6.45) is 3.45. The van der Waals surface area contributed by atoms with Crippen LogP contribution in [0, 0.1) is 13.8 Å². The molecule has 1 aliphatic heterocycles. The molecule has 2 heterocycles. The lowest BCUT2D eigenvalue weighted by Gasteiger charge is -2.10. The summed E-state index contributed by atoms with van der Waals surface area (Å²) in [5.74, 6) is 1.16. The molecule has 0 saturated carbocycles. The maximum absolute atomic E-state index is 5.11. The Morgan fingerprint density at radius 1 is 0.857 bits per heavy atom. The molecule has 0 saturated heterocycles. The average molecular weight is 367 g/mol. The van der Waals surface area contributed by atoms with Gasteiger partial charge in [0.1, 0.15) is 5.82 Å². The molecule has 0 bridgehead atoms. The molecule has 4 aromatic rings. The van der Waals surface area contributed by atoms with Crippen LogP contribution in [-0.2, 0) is 6.42 Å². The van der Waals surface area contributed by atoms with Crippen molar-refractivity contribution in [2.45, 2.75) is 33.1 Å². The maximum atomic E-state index is 5.11. The minimum Gasteiger partial charge on any atom is -0.370 e. The molecule has 1 aliphatic rings. The highest BCUT2D eigenvalue weighted by atomic mass is 15.3. The second-order valence-electron chi connectivity index (χ2n) is 7.80. The zero-order chi connectivity index (χ0) is 19.1. The predicted molar refractivity (Wildman–Crippen MR) is 117 cm³/mol. The average Bonchev–Trinajstić information content (AvgIpc) is 2.91. The van der Waals surface area contributed by atoms with E-state index in [1.165, 1.54) is 45.9 Å². The topological polar surface area (TPSA) is 29.9 Å². The van der Waals surface area contributed by atoms with Gasteiger partial charge < -0.3 is 5.32 Å². The van der Waals surface area contributed by atoms with Crippen LogP contribution in [0.4, 0.5) is 5.82 Å². The SMILES string of the molecule is Cc1ccc(-n2nc(-c3ccc4ccccc4c3)c3c2NCCCC3)cc1C. The van der Waals surface area contributed by atoms with Crippen LogP contribution < -0.4 is 5.32 Å². The predicted octanol–water partition coefficient (Wildman–Crippen LogP) is 6.06. The number of nitrogens with one attached hydrogen (secondary N) is 1. The minimum absolute atomic E-state index is 1.00. The Labute approximate surface area is 166 Å². The molecule has 0 fully saturated rings. The van der Waals surface area contributed by atoms with E-state index in [2.05, 4.69) is 84.5 Å². The molecule has 3 heteroatoms. The number of hydrogen-bond donors (Lipinski definition) is 1. The molecule has 3 aromatic carbocycles. The first-order valence-corrected chi connectivity index (χ1v) is 10.1. The first kappa shape index (κ1) is 17.1. The van der Waals surface area contributed by atoms with Crippen LogP contribution in [-0.4, -0.2) is 16.3 Å². The van der Waals surface area contributed by atoms with Gasteiger partial charge in [-0.05, 0) is 73.2 Å². The molecule has 3 nitrogen and oxygen atoms in total. The largest absolute Gasteiger partial charge is 0.370 e. The van der Waals surface area contributed by atoms with Crippen molar-refractivity contribution in [3.63, 3.8) is 0 Å². The molecule has 1 N–H and O–H groups in total. The number of aromatic nitrogens is 2. The Balaban J connectivity index is 1.71. The van der Waals surface area contributed by atoms with Crippen LogP contribution in [0.2, 0.25) is 0 Å². The molecule has 0 radical (unpaired) electrons. The van der Waals surface area contributed by atoms with Crippen molar-refractivity contribution in [2.24, 2.45) is 0 Å². The van der Waals surface area contributed by atoms with Gasteiger partial charge in [0, 0.05) is 17.7 Å². The molecule has 0 unspecified atom stereocenters. The van der Waals surface area contributed by atoms with Gasteiger partial charge in [-0.15, -0.1) is 0 Å². The third kappa shape index (κ3) is 2.88. The second kappa shape index (κ2) is 6.83. The third-order valence-electron chi connectivity index (χ3n) is 5.89. The molecule has 140 valence electrons. The van der Waals surface area contributed by atoms with Crippen molar-refractivity contribution in [3.8, 4) is 16.9 Å². The fraction of sp³-hybridized carbons (Fsp3) is 0.240. The van der Waals surface area contributed by atoms with Gasteiger partial charge in [-0.25, -0.2) is 4.68 Å². The van der Waals surface area contributed by atoms with E-state index in [4.69, 9.17) is 5.10 Å². The lowest BCUT2D eigenvalue weighted by atomic mass is 10.0. The number of rotatable bonds is 2. The standard InChI is InChI=1S/C25H25N3/c1-17-10-13-22(15-18(17)2)28-25-23(9-5-6-14-26-25)24(27-28)21-12-11-19-7-3-4-8-20(19)16-21/h3-4,7-8,10-13,15-16,26H,5-6,9,14H2,1-2H3. The highest BCUT2D eigenvalue weighted by molar-refractivity contribution is 5.87. The zero-order valence-corrected chi connectivity index (χ0v) is 16.5. The summed E-state index contributed by atoms with van der Waals surface area (Å²) >= 11 is 0. The second-order valence-corrected chi connectivity index (χ2v) is 7.80. The third-order valence-corrected chi connectivity index (χ3v) is 5.89. The van der Waals surface area contributed by atoms with Gasteiger partial charge in [0.15, 0.2) is 0 Å². The van der Waals surface area contributed by atoms with Crippen molar-refractivity contribution in [3.05, 3.63) is 77.4 Å². The van der Waals surface area contributed by atoms with E-state index in [-0.39, 0.29) is 0 Å². The molecule has 0 spiro atoms. The Morgan fingerprint density at radius 3 is 2.57 bits per heavy atom. The Bertz CT molecular complexity index is 1170. The summed E-state index contributed by atoms with van der Waals surface area (Å²) in [7, 11) is 0. The van der Waals surface area contributed by atoms with Crippen molar-refractivity contribution in [1.29, 1.82) is 0 Å². The summed E-state index contributed by atoms with van der Waals surface area (Å²) in [5.41, 5.74) is 7.37. The number of aryl methyl sites for hydroxylation is 2. The van der Waals surface area contributed by atoms with Gasteiger partial charge in [-0.2, -0.15) is 5.10 Å². The van der Waals surface area contributed by atoms with Crippen molar-refractivity contribution in [2.75, 3.05) is 11.9 Å². The number of anilines is 1. The first-order chi connectivity index (χ1) is 13.7. The van der Waals surface area contributed by atoms with Gasteiger partial charge in [0.25, 0.3) is 0 Å². The fourth-order valence-corrected chi connectivity index (χ4v) is 4.12. The van der Waals surface area contributed by atoms with E-state index in [1.807, 2.05) is 0 Å². The van der Waals surface area contributed by atoms with Crippen LogP contribution in [0.15, 0.2) is 60.7 Å². The van der Waals surface area contributed by atoms with Crippen molar-refractivity contribution < 1.29 is 0 Å². The van der Waals surface area contributed by atoms with E-state index >= 15 is 0 Å². The maximum Gasteiger partial charge on any atom is 0.133 e. The van der Waals surface area contributed by atoms with Crippen LogP contribution in [0.5, 0.6) is 0 Å². The number of nitrogens with zero attached hydrogens (tertiary/aromatic N) is 2. The monoisotopic (exact) mass is 367 g/mol. The van der Waals surface area contributed by atoms with Crippen molar-refractivity contribution >= 4 is 16.6 Å². The molecule has 5 rings (SSSR count). The zero-order valence-electron chi connectivity index (χ0n) is 16.5. The molecule has 28 heavy (non-hydrogen) atoms. The van der Waals surface area contributed by atoms with E-state index < -0.39 is 0 Å². The van der Waals surface area contributed by atoms with Crippen LogP contribution in [0.3, 0.4) is 0 Å². The van der Waals surface area contributed by atoms with Crippen LogP contribution in [0.1, 0.15) is 29.5 Å². The van der Waals surface area contributed by atoms with E-state index in [0.717, 1.165) is 30.2 Å². The van der Waals surface area contributed by atoms with E-state index in [1.54, 1.807) is 0 Å². The van der Waals surface area contributed by atoms with Gasteiger partial charge in [0.2, 0.25) is 0 Å². The van der Waals surface area contributed by atoms with Gasteiger partial charge in [-0.1, -0.05) is 42.5 Å². The molecule has 1 aromatic heterocycles. The molecule has 0 atom stereocenters. The van der Waals surface area contributed by atoms with Gasteiger partial charge in [-0.3, -0.25) is 0 Å². The number of fused-ring (bicyclic) bond motifs is 2. The number of benzene rings is 3. The summed E-state index contributed by atoms with van der Waals surface area (Å²) in [5, 5.41) is 11.3. The smallest absolute Gasteiger partial charge is 0.133 e. The van der Waals surface area contributed by atoms with Crippen molar-refractivity contribution in [1.82, 2.24) is 9.78 Å². The summed E-state index contributed by atoms with van der Waals surface area (Å²) < 4.78 is 2.11. The molecule has 0 amide bonds. The quantitative estimate of drug-likeness (QED) is 0.467. The highest BCUT2D eigenvalue weighted by Crippen LogP contribution is 2.35. The molecule has 0 aliphatic carbocycles. The summed E-state index contributed by atoms with van der Waals surface area (Å²) in [4.78, 5) is 0. The Hall–Kier alpha value is -3.07.